The zero-order valence-electron chi connectivity index (χ0n) is 8.38. The molecule has 1 N–H and O–H groups in total. The van der Waals surface area contributed by atoms with Crippen molar-refractivity contribution in [3.63, 3.8) is 0 Å². The van der Waals surface area contributed by atoms with Crippen molar-refractivity contribution in [3.8, 4) is 0 Å². The quantitative estimate of drug-likeness (QED) is 0.825. The van der Waals surface area contributed by atoms with Crippen molar-refractivity contribution in [2.24, 2.45) is 0 Å². The second-order valence-corrected chi connectivity index (χ2v) is 3.47. The predicted molar refractivity (Wildman–Crippen MR) is 51.3 cm³/mol. The molecule has 0 bridgehead atoms. The van der Waals surface area contributed by atoms with E-state index in [0.717, 1.165) is 0 Å². The average molecular weight is 218 g/mol. The summed E-state index contributed by atoms with van der Waals surface area (Å²) in [5.74, 6) is 0. The number of hydrogen-bond acceptors (Lipinski definition) is 1. The molecule has 0 radical (unpaired) electrons. The van der Waals surface area contributed by atoms with E-state index in [-0.39, 0.29) is 18.4 Å². The molecule has 1 aromatic carbocycles. The van der Waals surface area contributed by atoms with E-state index in [1.165, 1.54) is 24.3 Å². The van der Waals surface area contributed by atoms with Crippen molar-refractivity contribution in [1.29, 1.82) is 0 Å². The molecule has 0 saturated carbocycles. The predicted octanol–water partition coefficient (Wildman–Crippen LogP) is 3.24. The highest BCUT2D eigenvalue weighted by Gasteiger charge is 2.53. The molecule has 1 rings (SSSR count). The van der Waals surface area contributed by atoms with Gasteiger partial charge in [-0.25, -0.2) is 0 Å². The minimum atomic E-state index is -4.63. The Labute approximate surface area is 86.5 Å². The molecule has 1 unspecified atom stereocenters. The topological polar surface area (TPSA) is 20.2 Å². The lowest BCUT2D eigenvalue weighted by Gasteiger charge is -2.30. The molecule has 84 valence electrons. The molecule has 0 spiro atoms. The molecule has 1 atom stereocenters. The van der Waals surface area contributed by atoms with Crippen LogP contribution in [0.1, 0.15) is 25.3 Å². The van der Waals surface area contributed by atoms with Gasteiger partial charge in [0.05, 0.1) is 0 Å². The second kappa shape index (κ2) is 4.23. The Hall–Kier alpha value is -1.03. The zero-order chi connectivity index (χ0) is 11.5. The number of benzene rings is 1. The van der Waals surface area contributed by atoms with Gasteiger partial charge >= 0.3 is 6.18 Å². The van der Waals surface area contributed by atoms with E-state index >= 15 is 0 Å². The second-order valence-electron chi connectivity index (χ2n) is 3.47. The summed E-state index contributed by atoms with van der Waals surface area (Å²) in [6, 6.07) is 7.18. The maximum atomic E-state index is 12.7. The molecule has 1 aromatic rings. The standard InChI is InChI=1S/C11H13F3O/c1-2-8-10(15,11(12,13)14)9-6-4-3-5-7-9/h3-7,15H,2,8H2,1H3. The van der Waals surface area contributed by atoms with E-state index < -0.39 is 11.8 Å². The monoisotopic (exact) mass is 218 g/mol. The van der Waals surface area contributed by atoms with Gasteiger partial charge in [-0.1, -0.05) is 43.7 Å². The van der Waals surface area contributed by atoms with Gasteiger partial charge in [0.2, 0.25) is 0 Å². The van der Waals surface area contributed by atoms with Crippen molar-refractivity contribution in [3.05, 3.63) is 35.9 Å². The lowest BCUT2D eigenvalue weighted by Crippen LogP contribution is -2.42. The van der Waals surface area contributed by atoms with Crippen LogP contribution in [0, 0.1) is 0 Å². The fourth-order valence-electron chi connectivity index (χ4n) is 1.53. The minimum absolute atomic E-state index is 0.0978. The Balaban J connectivity index is 3.13. The summed E-state index contributed by atoms with van der Waals surface area (Å²) in [6.07, 6.45) is -4.68. The Morgan fingerprint density at radius 1 is 1.13 bits per heavy atom. The van der Waals surface area contributed by atoms with Crippen LogP contribution in [0.3, 0.4) is 0 Å². The van der Waals surface area contributed by atoms with Crippen molar-refractivity contribution in [1.82, 2.24) is 0 Å². The average Bonchev–Trinajstić information content (AvgIpc) is 2.18. The van der Waals surface area contributed by atoms with E-state index in [9.17, 15) is 18.3 Å². The maximum absolute atomic E-state index is 12.7. The van der Waals surface area contributed by atoms with Gasteiger partial charge in [0.25, 0.3) is 0 Å². The SMILES string of the molecule is CCCC(O)(c1ccccc1)C(F)(F)F. The molecule has 0 aliphatic heterocycles. The van der Waals surface area contributed by atoms with Crippen LogP contribution in [-0.2, 0) is 5.60 Å². The molecule has 0 fully saturated rings. The highest BCUT2D eigenvalue weighted by atomic mass is 19.4. The van der Waals surface area contributed by atoms with E-state index in [1.807, 2.05) is 0 Å². The molecule has 0 aliphatic rings. The van der Waals surface area contributed by atoms with Gasteiger partial charge in [-0.2, -0.15) is 13.2 Å². The van der Waals surface area contributed by atoms with Gasteiger partial charge in [-0.05, 0) is 12.0 Å². The third kappa shape index (κ3) is 2.31. The molecule has 0 aromatic heterocycles. The third-order valence-corrected chi connectivity index (χ3v) is 2.33. The highest BCUT2D eigenvalue weighted by molar-refractivity contribution is 5.24. The number of aliphatic hydroxyl groups is 1. The van der Waals surface area contributed by atoms with Crippen LogP contribution >= 0.6 is 0 Å². The summed E-state index contributed by atoms with van der Waals surface area (Å²) in [5, 5.41) is 9.69. The molecule has 0 amide bonds. The molecule has 15 heavy (non-hydrogen) atoms. The summed E-state index contributed by atoms with van der Waals surface area (Å²) in [4.78, 5) is 0. The van der Waals surface area contributed by atoms with E-state index in [2.05, 4.69) is 0 Å². The largest absolute Gasteiger partial charge is 0.421 e. The number of hydrogen-bond donors (Lipinski definition) is 1. The number of alkyl halides is 3. The maximum Gasteiger partial charge on any atom is 0.421 e. The first-order chi connectivity index (χ1) is 6.92. The molecule has 4 heteroatoms. The first-order valence-corrected chi connectivity index (χ1v) is 4.76. The van der Waals surface area contributed by atoms with Gasteiger partial charge < -0.3 is 5.11 Å². The lowest BCUT2D eigenvalue weighted by atomic mass is 9.89. The van der Waals surface area contributed by atoms with Crippen LogP contribution in [0.15, 0.2) is 30.3 Å². The lowest BCUT2D eigenvalue weighted by molar-refractivity contribution is -0.269. The Morgan fingerprint density at radius 3 is 2.07 bits per heavy atom. The summed E-state index contributed by atoms with van der Waals surface area (Å²) < 4.78 is 38.2. The fourth-order valence-corrected chi connectivity index (χ4v) is 1.53. The smallest absolute Gasteiger partial charge is 0.376 e. The van der Waals surface area contributed by atoms with Gasteiger partial charge in [-0.15, -0.1) is 0 Å². The van der Waals surface area contributed by atoms with Crippen molar-refractivity contribution in [2.75, 3.05) is 0 Å². The van der Waals surface area contributed by atoms with E-state index in [4.69, 9.17) is 0 Å². The van der Waals surface area contributed by atoms with Crippen LogP contribution in [0.25, 0.3) is 0 Å². The minimum Gasteiger partial charge on any atom is -0.376 e. The van der Waals surface area contributed by atoms with E-state index in [1.54, 1.807) is 13.0 Å². The van der Waals surface area contributed by atoms with Crippen LogP contribution in [0.2, 0.25) is 0 Å². The Morgan fingerprint density at radius 2 is 1.67 bits per heavy atom. The van der Waals surface area contributed by atoms with E-state index in [0.29, 0.717) is 0 Å². The van der Waals surface area contributed by atoms with Crippen LogP contribution in [-0.4, -0.2) is 11.3 Å². The Kier molecular flexibility index (Phi) is 3.39. The molecule has 0 heterocycles. The van der Waals surface area contributed by atoms with Crippen LogP contribution < -0.4 is 0 Å². The first-order valence-electron chi connectivity index (χ1n) is 4.76. The summed E-state index contributed by atoms with van der Waals surface area (Å²) in [7, 11) is 0. The highest BCUT2D eigenvalue weighted by Crippen LogP contribution is 2.42. The van der Waals surface area contributed by atoms with Crippen molar-refractivity contribution >= 4 is 0 Å². The van der Waals surface area contributed by atoms with Gasteiger partial charge in [0, 0.05) is 0 Å². The third-order valence-electron chi connectivity index (χ3n) is 2.33. The van der Waals surface area contributed by atoms with Crippen molar-refractivity contribution < 1.29 is 18.3 Å². The van der Waals surface area contributed by atoms with Gasteiger partial charge in [0.15, 0.2) is 5.60 Å². The fraction of sp³-hybridized carbons (Fsp3) is 0.455. The normalized spacial score (nSPS) is 16.1. The molecule has 0 aliphatic carbocycles. The summed E-state index contributed by atoms with van der Waals surface area (Å²) >= 11 is 0. The van der Waals surface area contributed by atoms with Gasteiger partial charge in [0.1, 0.15) is 0 Å². The van der Waals surface area contributed by atoms with Crippen LogP contribution in [0.4, 0.5) is 13.2 Å². The number of halogens is 3. The molecular formula is C11H13F3O. The van der Waals surface area contributed by atoms with Gasteiger partial charge in [-0.3, -0.25) is 0 Å². The molecule has 1 nitrogen and oxygen atoms in total. The zero-order valence-corrected chi connectivity index (χ0v) is 8.38. The summed E-state index contributed by atoms with van der Waals surface area (Å²) in [6.45, 7) is 1.61. The molecular weight excluding hydrogens is 205 g/mol. The van der Waals surface area contributed by atoms with Crippen LogP contribution in [0.5, 0.6) is 0 Å². The first kappa shape index (κ1) is 12.0. The molecule has 0 saturated heterocycles. The van der Waals surface area contributed by atoms with Crippen molar-refractivity contribution in [2.45, 2.75) is 31.5 Å². The summed E-state index contributed by atoms with van der Waals surface area (Å²) in [5.41, 5.74) is -2.82. The number of rotatable bonds is 3. The Bertz CT molecular complexity index is 307.